The largest absolute Gasteiger partial charge is 0.441 e. The number of nitrogens with zero attached hydrogens (tertiary/aromatic N) is 2. The zero-order valence-corrected chi connectivity index (χ0v) is 9.40. The molecule has 0 amide bonds. The molecule has 0 aliphatic carbocycles. The smallest absolute Gasteiger partial charge is 0.194 e. The summed E-state index contributed by atoms with van der Waals surface area (Å²) in [6, 6.07) is 7.57. The van der Waals surface area contributed by atoms with E-state index in [1.807, 2.05) is 28.9 Å². The van der Waals surface area contributed by atoms with Crippen LogP contribution in [0, 0.1) is 6.92 Å². The number of fused-ring (bicyclic) bond motifs is 1. The van der Waals surface area contributed by atoms with Gasteiger partial charge >= 0.3 is 0 Å². The Kier molecular flexibility index (Phi) is 2.01. The molecule has 16 heavy (non-hydrogen) atoms. The molecule has 3 aromatic rings. The van der Waals surface area contributed by atoms with Gasteiger partial charge in [0, 0.05) is 6.20 Å². The van der Waals surface area contributed by atoms with E-state index < -0.39 is 0 Å². The zero-order valence-electron chi connectivity index (χ0n) is 8.64. The second kappa shape index (κ2) is 3.39. The molecule has 4 heteroatoms. The number of halogens is 1. The molecule has 0 saturated carbocycles. The number of hydrogen-bond acceptors (Lipinski definition) is 2. The van der Waals surface area contributed by atoms with Crippen LogP contribution in [-0.2, 0) is 0 Å². The summed E-state index contributed by atoms with van der Waals surface area (Å²) in [5.41, 5.74) is 2.25. The van der Waals surface area contributed by atoms with E-state index in [0.717, 1.165) is 11.3 Å². The fourth-order valence-electron chi connectivity index (χ4n) is 1.78. The molecule has 3 aromatic heterocycles. The molecule has 0 aliphatic heterocycles. The molecule has 80 valence electrons. The summed E-state index contributed by atoms with van der Waals surface area (Å²) in [5.74, 6) is 1.45. The van der Waals surface area contributed by atoms with Crippen molar-refractivity contribution < 1.29 is 4.42 Å². The molecule has 0 atom stereocenters. The Hall–Kier alpha value is -1.74. The van der Waals surface area contributed by atoms with Crippen LogP contribution in [0.4, 0.5) is 0 Å². The van der Waals surface area contributed by atoms with Gasteiger partial charge in [0.05, 0.1) is 11.7 Å². The fraction of sp³-hybridized carbons (Fsp3) is 0.0833. The second-order valence-electron chi connectivity index (χ2n) is 3.63. The van der Waals surface area contributed by atoms with Crippen LogP contribution in [0.5, 0.6) is 0 Å². The average Bonchev–Trinajstić information content (AvgIpc) is 2.84. The van der Waals surface area contributed by atoms with Gasteiger partial charge in [-0.3, -0.25) is 4.40 Å². The van der Waals surface area contributed by atoms with Crippen LogP contribution in [0.25, 0.3) is 17.1 Å². The molecule has 0 unspecified atom stereocenters. The molecule has 3 rings (SSSR count). The number of rotatable bonds is 1. The van der Waals surface area contributed by atoms with Gasteiger partial charge in [-0.05, 0) is 42.3 Å². The van der Waals surface area contributed by atoms with Gasteiger partial charge in [-0.15, -0.1) is 0 Å². The summed E-state index contributed by atoms with van der Waals surface area (Å²) in [4.78, 5) is 4.35. The van der Waals surface area contributed by atoms with Crippen molar-refractivity contribution in [3.63, 3.8) is 0 Å². The van der Waals surface area contributed by atoms with Crippen molar-refractivity contribution in [1.82, 2.24) is 9.38 Å². The standard InChI is InChI=1S/C12H9ClN2O/c1-8-3-2-6-15-9(8)7-14-12(15)10-4-5-11(13)16-10/h2-7H,1H3. The predicted molar refractivity (Wildman–Crippen MR) is 62.6 cm³/mol. The summed E-state index contributed by atoms with van der Waals surface area (Å²) in [6.07, 6.45) is 3.79. The number of hydrogen-bond donors (Lipinski definition) is 0. The highest BCUT2D eigenvalue weighted by Gasteiger charge is 2.10. The van der Waals surface area contributed by atoms with Crippen LogP contribution < -0.4 is 0 Å². The molecular weight excluding hydrogens is 224 g/mol. The summed E-state index contributed by atoms with van der Waals surface area (Å²) < 4.78 is 7.35. The van der Waals surface area contributed by atoms with Crippen molar-refractivity contribution in [2.24, 2.45) is 0 Å². The molecule has 0 saturated heterocycles. The zero-order chi connectivity index (χ0) is 11.1. The van der Waals surface area contributed by atoms with E-state index in [2.05, 4.69) is 18.0 Å². The molecule has 0 N–H and O–H groups in total. The third kappa shape index (κ3) is 1.32. The highest BCUT2D eigenvalue weighted by atomic mass is 35.5. The lowest BCUT2D eigenvalue weighted by atomic mass is 10.2. The Labute approximate surface area is 97.3 Å². The molecule has 0 spiro atoms. The van der Waals surface area contributed by atoms with E-state index in [1.54, 1.807) is 6.07 Å². The first kappa shape index (κ1) is 9.48. The van der Waals surface area contributed by atoms with E-state index in [1.165, 1.54) is 5.56 Å². The third-order valence-electron chi connectivity index (χ3n) is 2.58. The maximum absolute atomic E-state index is 5.76. The fourth-order valence-corrected chi connectivity index (χ4v) is 1.93. The topological polar surface area (TPSA) is 30.4 Å². The Morgan fingerprint density at radius 1 is 1.31 bits per heavy atom. The van der Waals surface area contributed by atoms with Crippen molar-refractivity contribution in [1.29, 1.82) is 0 Å². The Bertz CT molecular complexity index is 654. The highest BCUT2D eigenvalue weighted by molar-refractivity contribution is 6.28. The first-order valence-electron chi connectivity index (χ1n) is 4.94. The Morgan fingerprint density at radius 2 is 2.19 bits per heavy atom. The van der Waals surface area contributed by atoms with Crippen LogP contribution in [0.2, 0.25) is 5.22 Å². The van der Waals surface area contributed by atoms with Crippen LogP contribution in [0.15, 0.2) is 41.1 Å². The van der Waals surface area contributed by atoms with E-state index in [0.29, 0.717) is 11.0 Å². The van der Waals surface area contributed by atoms with E-state index in [-0.39, 0.29) is 0 Å². The van der Waals surface area contributed by atoms with Crippen LogP contribution in [0.1, 0.15) is 5.56 Å². The second-order valence-corrected chi connectivity index (χ2v) is 4.00. The van der Waals surface area contributed by atoms with Crippen LogP contribution >= 0.6 is 11.6 Å². The normalized spacial score (nSPS) is 11.1. The molecule has 0 aromatic carbocycles. The lowest BCUT2D eigenvalue weighted by Crippen LogP contribution is -1.88. The third-order valence-corrected chi connectivity index (χ3v) is 2.78. The Morgan fingerprint density at radius 3 is 2.94 bits per heavy atom. The number of aromatic nitrogens is 2. The van der Waals surface area contributed by atoms with Gasteiger partial charge in [-0.1, -0.05) is 6.07 Å². The molecule has 3 heterocycles. The van der Waals surface area contributed by atoms with Gasteiger partial charge in [0.1, 0.15) is 0 Å². The minimum atomic E-state index is 0.374. The highest BCUT2D eigenvalue weighted by Crippen LogP contribution is 2.25. The molecule has 0 bridgehead atoms. The minimum absolute atomic E-state index is 0.374. The quantitative estimate of drug-likeness (QED) is 0.642. The Balaban J connectivity index is 2.29. The van der Waals surface area contributed by atoms with Crippen molar-refractivity contribution in [2.45, 2.75) is 6.92 Å². The molecule has 0 aliphatic rings. The van der Waals surface area contributed by atoms with Gasteiger partial charge in [-0.2, -0.15) is 0 Å². The van der Waals surface area contributed by atoms with Gasteiger partial charge in [0.2, 0.25) is 0 Å². The van der Waals surface area contributed by atoms with Crippen molar-refractivity contribution >= 4 is 17.1 Å². The minimum Gasteiger partial charge on any atom is -0.441 e. The van der Waals surface area contributed by atoms with Gasteiger partial charge < -0.3 is 4.42 Å². The van der Waals surface area contributed by atoms with Crippen LogP contribution in [0.3, 0.4) is 0 Å². The maximum Gasteiger partial charge on any atom is 0.194 e. The molecule has 0 fully saturated rings. The summed E-state index contributed by atoms with van der Waals surface area (Å²) in [5, 5.41) is 0.374. The first-order chi connectivity index (χ1) is 7.75. The van der Waals surface area contributed by atoms with E-state index >= 15 is 0 Å². The first-order valence-corrected chi connectivity index (χ1v) is 5.32. The number of imidazole rings is 1. The van der Waals surface area contributed by atoms with Gasteiger partial charge in [-0.25, -0.2) is 4.98 Å². The lowest BCUT2D eigenvalue weighted by molar-refractivity contribution is 0.579. The summed E-state index contributed by atoms with van der Waals surface area (Å²) in [7, 11) is 0. The molecular formula is C12H9ClN2O. The number of furan rings is 1. The van der Waals surface area contributed by atoms with Crippen molar-refractivity contribution in [3.8, 4) is 11.6 Å². The van der Waals surface area contributed by atoms with Crippen molar-refractivity contribution in [2.75, 3.05) is 0 Å². The summed E-state index contributed by atoms with van der Waals surface area (Å²) >= 11 is 5.76. The van der Waals surface area contributed by atoms with E-state index in [4.69, 9.17) is 16.0 Å². The summed E-state index contributed by atoms with van der Waals surface area (Å²) in [6.45, 7) is 2.05. The van der Waals surface area contributed by atoms with Gasteiger partial charge in [0.25, 0.3) is 0 Å². The SMILES string of the molecule is Cc1cccn2c(-c3ccc(Cl)o3)ncc12. The lowest BCUT2D eigenvalue weighted by Gasteiger charge is -1.99. The molecule has 0 radical (unpaired) electrons. The maximum atomic E-state index is 5.76. The monoisotopic (exact) mass is 232 g/mol. The average molecular weight is 233 g/mol. The van der Waals surface area contributed by atoms with Crippen LogP contribution in [-0.4, -0.2) is 9.38 Å². The van der Waals surface area contributed by atoms with E-state index in [9.17, 15) is 0 Å². The predicted octanol–water partition coefficient (Wildman–Crippen LogP) is 3.56. The number of pyridine rings is 1. The van der Waals surface area contributed by atoms with Crippen molar-refractivity contribution in [3.05, 3.63) is 47.4 Å². The van der Waals surface area contributed by atoms with Gasteiger partial charge in [0.15, 0.2) is 16.8 Å². The number of aryl methyl sites for hydroxylation is 1. The molecule has 3 nitrogen and oxygen atoms in total.